The fraction of sp³-hybridized carbons (Fsp3) is 0.385. The summed E-state index contributed by atoms with van der Waals surface area (Å²) in [7, 11) is 0. The standard InChI is InChI=1S/C26H32N4O8/c1-4-37-21(31)14-20(18-10-12-19(13-11-18)30(35)36)23(24(27)32)28-25(33)22(16(2)3)29-26(34)38-15-17-8-6-5-7-9-17/h5-13,16,20,22-23H,4,14-15H2,1-3H3,(H2,27,32)(H,28,33)(H,29,34)/t20-,22+,23+/m0/s1. The zero-order chi connectivity index (χ0) is 28.2. The molecule has 2 rings (SSSR count). The van der Waals surface area contributed by atoms with Crippen molar-refractivity contribution in [1.82, 2.24) is 10.6 Å². The Morgan fingerprint density at radius 2 is 1.58 bits per heavy atom. The Morgan fingerprint density at radius 1 is 0.947 bits per heavy atom. The number of carbonyl (C=O) groups excluding carboxylic acids is 4. The van der Waals surface area contributed by atoms with Crippen LogP contribution >= 0.6 is 0 Å². The van der Waals surface area contributed by atoms with Crippen LogP contribution in [0.3, 0.4) is 0 Å². The second-order valence-electron chi connectivity index (χ2n) is 8.78. The van der Waals surface area contributed by atoms with Crippen molar-refractivity contribution < 1.29 is 33.6 Å². The van der Waals surface area contributed by atoms with Crippen molar-refractivity contribution in [2.45, 2.75) is 51.8 Å². The number of nitrogens with one attached hydrogen (secondary N) is 2. The van der Waals surface area contributed by atoms with Gasteiger partial charge in [-0.1, -0.05) is 56.3 Å². The molecule has 0 aromatic heterocycles. The van der Waals surface area contributed by atoms with Crippen LogP contribution in [-0.2, 0) is 30.5 Å². The number of ether oxygens (including phenoxy) is 2. The summed E-state index contributed by atoms with van der Waals surface area (Å²) in [5.74, 6) is -3.72. The van der Waals surface area contributed by atoms with Gasteiger partial charge < -0.3 is 25.8 Å². The summed E-state index contributed by atoms with van der Waals surface area (Å²) in [6.07, 6.45) is -1.17. The zero-order valence-electron chi connectivity index (χ0n) is 21.4. The maximum absolute atomic E-state index is 13.2. The van der Waals surface area contributed by atoms with Crippen molar-refractivity contribution in [2.24, 2.45) is 11.7 Å². The van der Waals surface area contributed by atoms with Gasteiger partial charge in [-0.05, 0) is 24.0 Å². The van der Waals surface area contributed by atoms with Crippen LogP contribution in [0.5, 0.6) is 0 Å². The lowest BCUT2D eigenvalue weighted by Gasteiger charge is -2.28. The van der Waals surface area contributed by atoms with E-state index in [0.29, 0.717) is 5.56 Å². The van der Waals surface area contributed by atoms with Gasteiger partial charge in [0, 0.05) is 18.1 Å². The first-order valence-electron chi connectivity index (χ1n) is 12.0. The van der Waals surface area contributed by atoms with Gasteiger partial charge in [0.2, 0.25) is 11.8 Å². The van der Waals surface area contributed by atoms with E-state index in [1.165, 1.54) is 24.3 Å². The van der Waals surface area contributed by atoms with E-state index < -0.39 is 52.7 Å². The van der Waals surface area contributed by atoms with Crippen molar-refractivity contribution >= 4 is 29.6 Å². The minimum Gasteiger partial charge on any atom is -0.466 e. The van der Waals surface area contributed by atoms with Crippen LogP contribution in [0.4, 0.5) is 10.5 Å². The Labute approximate surface area is 220 Å². The Kier molecular flexibility index (Phi) is 11.2. The van der Waals surface area contributed by atoms with Crippen molar-refractivity contribution in [1.29, 1.82) is 0 Å². The third-order valence-electron chi connectivity index (χ3n) is 5.67. The van der Waals surface area contributed by atoms with E-state index in [4.69, 9.17) is 15.2 Å². The molecule has 0 spiro atoms. The highest BCUT2D eigenvalue weighted by molar-refractivity contribution is 5.92. The van der Waals surface area contributed by atoms with E-state index in [-0.39, 0.29) is 25.3 Å². The molecule has 12 heteroatoms. The minimum atomic E-state index is -1.39. The summed E-state index contributed by atoms with van der Waals surface area (Å²) in [6, 6.07) is 11.7. The maximum atomic E-state index is 13.2. The molecule has 4 N–H and O–H groups in total. The quantitative estimate of drug-likeness (QED) is 0.201. The third kappa shape index (κ3) is 8.87. The number of hydrogen-bond donors (Lipinski definition) is 3. The molecule has 0 aliphatic heterocycles. The van der Waals surface area contributed by atoms with Crippen LogP contribution in [0, 0.1) is 16.0 Å². The topological polar surface area (TPSA) is 180 Å². The first kappa shape index (κ1) is 29.7. The highest BCUT2D eigenvalue weighted by Crippen LogP contribution is 2.27. The predicted molar refractivity (Wildman–Crippen MR) is 137 cm³/mol. The molecule has 204 valence electrons. The number of alkyl carbamates (subject to hydrolysis) is 1. The number of carbonyl (C=O) groups is 4. The lowest BCUT2D eigenvalue weighted by atomic mass is 9.87. The summed E-state index contributed by atoms with van der Waals surface area (Å²) in [5, 5.41) is 16.1. The van der Waals surface area contributed by atoms with Gasteiger partial charge >= 0.3 is 12.1 Å². The third-order valence-corrected chi connectivity index (χ3v) is 5.67. The number of hydrogen-bond acceptors (Lipinski definition) is 8. The smallest absolute Gasteiger partial charge is 0.408 e. The molecule has 0 heterocycles. The fourth-order valence-electron chi connectivity index (χ4n) is 3.71. The number of nitro benzene ring substituents is 1. The molecular formula is C26H32N4O8. The van der Waals surface area contributed by atoms with Gasteiger partial charge in [0.25, 0.3) is 5.69 Å². The van der Waals surface area contributed by atoms with E-state index in [1.807, 2.05) is 6.07 Å². The summed E-state index contributed by atoms with van der Waals surface area (Å²) in [5.41, 5.74) is 6.53. The normalized spacial score (nSPS) is 13.1. The van der Waals surface area contributed by atoms with Crippen LogP contribution in [0.1, 0.15) is 44.2 Å². The molecule has 2 aromatic rings. The fourth-order valence-corrected chi connectivity index (χ4v) is 3.71. The second-order valence-corrected chi connectivity index (χ2v) is 8.78. The van der Waals surface area contributed by atoms with Gasteiger partial charge in [-0.25, -0.2) is 4.79 Å². The molecule has 0 aliphatic carbocycles. The molecule has 12 nitrogen and oxygen atoms in total. The molecule has 3 atom stereocenters. The molecular weight excluding hydrogens is 496 g/mol. The van der Waals surface area contributed by atoms with E-state index in [9.17, 15) is 29.3 Å². The molecule has 2 aromatic carbocycles. The molecule has 0 radical (unpaired) electrons. The Hall–Kier alpha value is -4.48. The molecule has 0 saturated heterocycles. The molecule has 0 unspecified atom stereocenters. The van der Waals surface area contributed by atoms with Crippen LogP contribution in [0.2, 0.25) is 0 Å². The average Bonchev–Trinajstić information content (AvgIpc) is 2.88. The van der Waals surface area contributed by atoms with E-state index in [1.54, 1.807) is 45.0 Å². The Bertz CT molecular complexity index is 1120. The summed E-state index contributed by atoms with van der Waals surface area (Å²) in [4.78, 5) is 60.8. The van der Waals surface area contributed by atoms with Crippen LogP contribution in [0.15, 0.2) is 54.6 Å². The number of benzene rings is 2. The predicted octanol–water partition coefficient (Wildman–Crippen LogP) is 2.55. The van der Waals surface area contributed by atoms with Gasteiger partial charge in [-0.3, -0.25) is 24.5 Å². The van der Waals surface area contributed by atoms with Gasteiger partial charge in [0.05, 0.1) is 18.0 Å². The van der Waals surface area contributed by atoms with Gasteiger partial charge in [0.15, 0.2) is 0 Å². The molecule has 38 heavy (non-hydrogen) atoms. The number of nitrogens with zero attached hydrogens (tertiary/aromatic N) is 1. The van der Waals surface area contributed by atoms with Crippen molar-refractivity contribution in [3.05, 3.63) is 75.8 Å². The number of primary amides is 1. The van der Waals surface area contributed by atoms with Crippen molar-refractivity contribution in [2.75, 3.05) is 6.61 Å². The molecule has 0 aliphatic rings. The number of amides is 3. The largest absolute Gasteiger partial charge is 0.466 e. The van der Waals surface area contributed by atoms with Crippen LogP contribution in [-0.4, -0.2) is 47.5 Å². The van der Waals surface area contributed by atoms with E-state index >= 15 is 0 Å². The van der Waals surface area contributed by atoms with Gasteiger partial charge in [0.1, 0.15) is 18.7 Å². The number of esters is 1. The second kappa shape index (κ2) is 14.3. The van der Waals surface area contributed by atoms with Crippen LogP contribution in [0.25, 0.3) is 0 Å². The number of nitro groups is 1. The molecule has 3 amide bonds. The monoisotopic (exact) mass is 528 g/mol. The zero-order valence-corrected chi connectivity index (χ0v) is 21.4. The Balaban J connectivity index is 2.23. The summed E-state index contributed by atoms with van der Waals surface area (Å²) in [6.45, 7) is 5.07. The SMILES string of the molecule is CCOC(=O)C[C@@H](c1ccc([N+](=O)[O-])cc1)[C@@H](NC(=O)[C@H](NC(=O)OCc1ccccc1)C(C)C)C(N)=O. The average molecular weight is 529 g/mol. The van der Waals surface area contributed by atoms with E-state index in [0.717, 1.165) is 5.56 Å². The number of rotatable bonds is 13. The molecule has 0 saturated carbocycles. The maximum Gasteiger partial charge on any atom is 0.408 e. The van der Waals surface area contributed by atoms with E-state index in [2.05, 4.69) is 10.6 Å². The highest BCUT2D eigenvalue weighted by atomic mass is 16.6. The van der Waals surface area contributed by atoms with Crippen molar-refractivity contribution in [3.63, 3.8) is 0 Å². The summed E-state index contributed by atoms with van der Waals surface area (Å²) >= 11 is 0. The lowest BCUT2D eigenvalue weighted by molar-refractivity contribution is -0.384. The van der Waals surface area contributed by atoms with Gasteiger partial charge in [-0.15, -0.1) is 0 Å². The van der Waals surface area contributed by atoms with Crippen molar-refractivity contribution in [3.8, 4) is 0 Å². The first-order chi connectivity index (χ1) is 18.0. The molecule has 0 bridgehead atoms. The van der Waals surface area contributed by atoms with Gasteiger partial charge in [-0.2, -0.15) is 0 Å². The highest BCUT2D eigenvalue weighted by Gasteiger charge is 2.35. The summed E-state index contributed by atoms with van der Waals surface area (Å²) < 4.78 is 10.2. The Morgan fingerprint density at radius 3 is 2.11 bits per heavy atom. The van der Waals surface area contributed by atoms with Crippen LogP contribution < -0.4 is 16.4 Å². The molecule has 0 fully saturated rings. The number of non-ortho nitro benzene ring substituents is 1. The number of nitrogens with two attached hydrogens (primary N) is 1. The first-order valence-corrected chi connectivity index (χ1v) is 12.0. The lowest BCUT2D eigenvalue weighted by Crippen LogP contribution is -2.56. The minimum absolute atomic E-state index is 0.00915.